The molecule has 2 amide bonds. The maximum Gasteiger partial charge on any atom is 0.338 e. The van der Waals surface area contributed by atoms with E-state index in [1.165, 1.54) is 11.9 Å². The lowest BCUT2D eigenvalue weighted by atomic mass is 10.1. The molecule has 0 fully saturated rings. The molecule has 0 aliphatic heterocycles. The first-order valence-electron chi connectivity index (χ1n) is 9.31. The Morgan fingerprint density at radius 3 is 2.38 bits per heavy atom. The average Bonchev–Trinajstić information content (AvgIpc) is 2.69. The van der Waals surface area contributed by atoms with Gasteiger partial charge < -0.3 is 19.7 Å². The van der Waals surface area contributed by atoms with Gasteiger partial charge >= 0.3 is 5.97 Å². The molecule has 0 aromatic heterocycles. The van der Waals surface area contributed by atoms with Crippen LogP contribution in [-0.2, 0) is 14.3 Å². The van der Waals surface area contributed by atoms with Crippen LogP contribution in [0.1, 0.15) is 28.4 Å². The molecule has 1 N–H and O–H groups in total. The Kier molecular flexibility index (Phi) is 7.77. The van der Waals surface area contributed by atoms with Gasteiger partial charge in [-0.05, 0) is 62.2 Å². The number of ether oxygens (including phenoxy) is 2. The summed E-state index contributed by atoms with van der Waals surface area (Å²) >= 11 is 0. The van der Waals surface area contributed by atoms with Crippen LogP contribution in [-0.4, -0.2) is 49.5 Å². The summed E-state index contributed by atoms with van der Waals surface area (Å²) < 4.78 is 10.4. The van der Waals surface area contributed by atoms with Gasteiger partial charge in [-0.15, -0.1) is 0 Å². The number of amides is 2. The molecule has 7 heteroatoms. The van der Waals surface area contributed by atoms with E-state index in [1.54, 1.807) is 24.3 Å². The molecule has 154 valence electrons. The maximum atomic E-state index is 12.2. The van der Waals surface area contributed by atoms with Crippen molar-refractivity contribution in [1.29, 1.82) is 0 Å². The highest BCUT2D eigenvalue weighted by Crippen LogP contribution is 2.16. The molecule has 0 radical (unpaired) electrons. The summed E-state index contributed by atoms with van der Waals surface area (Å²) in [7, 11) is 1.48. The number of hydrogen-bond donors (Lipinski definition) is 1. The number of carbonyl (C=O) groups excluding carboxylic acids is 3. The van der Waals surface area contributed by atoms with Crippen LogP contribution < -0.4 is 10.1 Å². The Hall–Kier alpha value is -3.35. The van der Waals surface area contributed by atoms with Gasteiger partial charge in [0.15, 0.2) is 6.61 Å². The van der Waals surface area contributed by atoms with Crippen LogP contribution in [0.25, 0.3) is 0 Å². The Labute approximate surface area is 170 Å². The number of benzene rings is 2. The molecule has 7 nitrogen and oxygen atoms in total. The molecule has 2 aromatic carbocycles. The topological polar surface area (TPSA) is 84.9 Å². The third-order valence-corrected chi connectivity index (χ3v) is 4.20. The number of hydrogen-bond acceptors (Lipinski definition) is 5. The van der Waals surface area contributed by atoms with E-state index < -0.39 is 18.5 Å². The van der Waals surface area contributed by atoms with Crippen LogP contribution in [0.4, 0.5) is 5.69 Å². The number of nitrogens with zero attached hydrogens (tertiary/aromatic N) is 1. The Morgan fingerprint density at radius 1 is 1.03 bits per heavy atom. The predicted octanol–water partition coefficient (Wildman–Crippen LogP) is 2.96. The molecule has 0 heterocycles. The smallest absolute Gasteiger partial charge is 0.338 e. The lowest BCUT2D eigenvalue weighted by Gasteiger charge is -2.17. The molecule has 0 aliphatic rings. The van der Waals surface area contributed by atoms with Crippen LogP contribution in [0.2, 0.25) is 0 Å². The SMILES string of the molecule is CCOc1ccc(C(=O)OCC(=O)N(C)CC(=O)Nc2cc(C)ccc2C)cc1. The first kappa shape index (κ1) is 21.9. The summed E-state index contributed by atoms with van der Waals surface area (Å²) in [5.41, 5.74) is 2.98. The van der Waals surface area contributed by atoms with Crippen molar-refractivity contribution >= 4 is 23.5 Å². The van der Waals surface area contributed by atoms with Gasteiger partial charge in [0, 0.05) is 12.7 Å². The van der Waals surface area contributed by atoms with Crippen molar-refractivity contribution in [2.45, 2.75) is 20.8 Å². The van der Waals surface area contributed by atoms with E-state index in [0.29, 0.717) is 23.6 Å². The zero-order chi connectivity index (χ0) is 21.4. The van der Waals surface area contributed by atoms with Crippen molar-refractivity contribution in [2.75, 3.05) is 32.1 Å². The first-order valence-corrected chi connectivity index (χ1v) is 9.31. The Bertz CT molecular complexity index is 877. The fraction of sp³-hybridized carbons (Fsp3) is 0.318. The minimum Gasteiger partial charge on any atom is -0.494 e. The molecule has 29 heavy (non-hydrogen) atoms. The van der Waals surface area contributed by atoms with Gasteiger partial charge in [-0.2, -0.15) is 0 Å². The Morgan fingerprint density at radius 2 is 1.72 bits per heavy atom. The normalized spacial score (nSPS) is 10.2. The minimum atomic E-state index is -0.616. The summed E-state index contributed by atoms with van der Waals surface area (Å²) in [4.78, 5) is 37.7. The third kappa shape index (κ3) is 6.64. The molecule has 0 spiro atoms. The van der Waals surface area contributed by atoms with Gasteiger partial charge in [-0.1, -0.05) is 12.1 Å². The molecule has 0 bridgehead atoms. The summed E-state index contributed by atoms with van der Waals surface area (Å²) in [6, 6.07) is 12.2. The van der Waals surface area contributed by atoms with Crippen molar-refractivity contribution in [1.82, 2.24) is 4.90 Å². The molecule has 0 unspecified atom stereocenters. The lowest BCUT2D eigenvalue weighted by Crippen LogP contribution is -2.37. The fourth-order valence-electron chi connectivity index (χ4n) is 2.54. The summed E-state index contributed by atoms with van der Waals surface area (Å²) in [6.07, 6.45) is 0. The van der Waals surface area contributed by atoms with Crippen LogP contribution in [0.15, 0.2) is 42.5 Å². The van der Waals surface area contributed by atoms with Crippen LogP contribution in [0.3, 0.4) is 0 Å². The van der Waals surface area contributed by atoms with Crippen LogP contribution in [0, 0.1) is 13.8 Å². The van der Waals surface area contributed by atoms with Crippen molar-refractivity contribution in [3.8, 4) is 5.75 Å². The van der Waals surface area contributed by atoms with Gasteiger partial charge in [0.05, 0.1) is 18.7 Å². The highest BCUT2D eigenvalue weighted by atomic mass is 16.5. The number of rotatable bonds is 8. The van der Waals surface area contributed by atoms with E-state index >= 15 is 0 Å². The Balaban J connectivity index is 1.82. The summed E-state index contributed by atoms with van der Waals surface area (Å²) in [5, 5.41) is 2.79. The number of esters is 1. The van der Waals surface area contributed by atoms with Crippen molar-refractivity contribution in [3.05, 3.63) is 59.2 Å². The van der Waals surface area contributed by atoms with E-state index in [0.717, 1.165) is 11.1 Å². The van der Waals surface area contributed by atoms with Crippen molar-refractivity contribution < 1.29 is 23.9 Å². The van der Waals surface area contributed by atoms with E-state index in [1.807, 2.05) is 39.0 Å². The van der Waals surface area contributed by atoms with Gasteiger partial charge in [0.25, 0.3) is 5.91 Å². The third-order valence-electron chi connectivity index (χ3n) is 4.20. The second-order valence-corrected chi connectivity index (χ2v) is 6.65. The van der Waals surface area contributed by atoms with Gasteiger partial charge in [0.1, 0.15) is 5.75 Å². The molecule has 0 atom stereocenters. The predicted molar refractivity (Wildman–Crippen MR) is 110 cm³/mol. The second kappa shape index (κ2) is 10.3. The quantitative estimate of drug-likeness (QED) is 0.691. The zero-order valence-corrected chi connectivity index (χ0v) is 17.2. The van der Waals surface area contributed by atoms with E-state index in [-0.39, 0.29) is 12.5 Å². The monoisotopic (exact) mass is 398 g/mol. The first-order chi connectivity index (χ1) is 13.8. The largest absolute Gasteiger partial charge is 0.494 e. The van der Waals surface area contributed by atoms with E-state index in [4.69, 9.17) is 9.47 Å². The number of aryl methyl sites for hydroxylation is 2. The summed E-state index contributed by atoms with van der Waals surface area (Å²) in [5.74, 6) is -0.767. The molecule has 2 rings (SSSR count). The summed E-state index contributed by atoms with van der Waals surface area (Å²) in [6.45, 7) is 5.63. The fourth-order valence-corrected chi connectivity index (χ4v) is 2.54. The molecule has 0 saturated carbocycles. The standard InChI is InChI=1S/C22H26N2O5/c1-5-28-18-10-8-17(9-11-18)22(27)29-14-21(26)24(4)13-20(25)23-19-12-15(2)6-7-16(19)3/h6-12H,5,13-14H2,1-4H3,(H,23,25). The lowest BCUT2D eigenvalue weighted by molar-refractivity contribution is -0.136. The molecule has 0 saturated heterocycles. The molecule has 0 aliphatic carbocycles. The maximum absolute atomic E-state index is 12.2. The average molecular weight is 398 g/mol. The highest BCUT2D eigenvalue weighted by Gasteiger charge is 2.16. The number of likely N-dealkylation sites (N-methyl/N-ethyl adjacent to an activating group) is 1. The zero-order valence-electron chi connectivity index (χ0n) is 17.2. The van der Waals surface area contributed by atoms with E-state index in [9.17, 15) is 14.4 Å². The van der Waals surface area contributed by atoms with Gasteiger partial charge in [-0.25, -0.2) is 4.79 Å². The van der Waals surface area contributed by atoms with Crippen molar-refractivity contribution in [2.24, 2.45) is 0 Å². The number of carbonyl (C=O) groups is 3. The highest BCUT2D eigenvalue weighted by molar-refractivity contribution is 5.96. The number of nitrogens with one attached hydrogen (secondary N) is 1. The van der Waals surface area contributed by atoms with Crippen LogP contribution in [0.5, 0.6) is 5.75 Å². The minimum absolute atomic E-state index is 0.146. The van der Waals surface area contributed by atoms with Crippen molar-refractivity contribution in [3.63, 3.8) is 0 Å². The molecular formula is C22H26N2O5. The van der Waals surface area contributed by atoms with Gasteiger partial charge in [-0.3, -0.25) is 9.59 Å². The van der Waals surface area contributed by atoms with Crippen LogP contribution >= 0.6 is 0 Å². The van der Waals surface area contributed by atoms with E-state index in [2.05, 4.69) is 5.32 Å². The van der Waals surface area contributed by atoms with Gasteiger partial charge in [0.2, 0.25) is 5.91 Å². The number of anilines is 1. The second-order valence-electron chi connectivity index (χ2n) is 6.65. The molecule has 2 aromatic rings. The molecular weight excluding hydrogens is 372 g/mol.